The average molecular weight is 368 g/mol. The van der Waals surface area contributed by atoms with Gasteiger partial charge in [-0.2, -0.15) is 4.37 Å². The highest BCUT2D eigenvalue weighted by Gasteiger charge is 2.30. The fourth-order valence-corrected chi connectivity index (χ4v) is 3.09. The number of carbonyl (C=O) groups excluding carboxylic acids is 1. The normalized spacial score (nSPS) is 18.5. The number of halogens is 1. The number of aromatic nitrogens is 3. The lowest BCUT2D eigenvalue weighted by molar-refractivity contribution is 0.159. The van der Waals surface area contributed by atoms with E-state index in [2.05, 4.69) is 35.6 Å². The van der Waals surface area contributed by atoms with E-state index >= 15 is 0 Å². The molecule has 1 unspecified atom stereocenters. The maximum atomic E-state index is 12.4. The molecule has 110 valence electrons. The molecule has 2 aromatic heterocycles. The average Bonchev–Trinajstić information content (AvgIpc) is 3.01. The largest absolute Gasteiger partial charge is 0.323 e. The summed E-state index contributed by atoms with van der Waals surface area (Å²) in [5.74, 6) is 0.692. The Labute approximate surface area is 134 Å². The van der Waals surface area contributed by atoms with Crippen molar-refractivity contribution >= 4 is 38.5 Å². The second-order valence-corrected chi connectivity index (χ2v) is 6.52. The first kappa shape index (κ1) is 14.4. The third-order valence-electron chi connectivity index (χ3n) is 3.37. The SMILES string of the molecule is O=C(Nc1ccns1)N1CCCCC1c1ncc(Br)cn1. The molecule has 3 heterocycles. The Hall–Kier alpha value is -1.54. The maximum absolute atomic E-state index is 12.4. The molecule has 1 aliphatic heterocycles. The summed E-state index contributed by atoms with van der Waals surface area (Å²) in [4.78, 5) is 22.9. The molecule has 0 spiro atoms. The molecule has 0 aliphatic carbocycles. The summed E-state index contributed by atoms with van der Waals surface area (Å²) in [6.07, 6.45) is 8.08. The molecule has 0 bridgehead atoms. The van der Waals surface area contributed by atoms with E-state index in [9.17, 15) is 4.79 Å². The van der Waals surface area contributed by atoms with Gasteiger partial charge in [-0.1, -0.05) is 0 Å². The molecule has 1 aliphatic rings. The van der Waals surface area contributed by atoms with Gasteiger partial charge in [-0.25, -0.2) is 14.8 Å². The quantitative estimate of drug-likeness (QED) is 0.881. The number of carbonyl (C=O) groups is 1. The van der Waals surface area contributed by atoms with Gasteiger partial charge in [-0.3, -0.25) is 5.32 Å². The van der Waals surface area contributed by atoms with Gasteiger partial charge in [0, 0.05) is 25.1 Å². The van der Waals surface area contributed by atoms with Gasteiger partial charge >= 0.3 is 6.03 Å². The molecular weight excluding hydrogens is 354 g/mol. The van der Waals surface area contributed by atoms with Gasteiger partial charge < -0.3 is 4.90 Å². The number of nitrogens with one attached hydrogen (secondary N) is 1. The molecule has 0 aromatic carbocycles. The van der Waals surface area contributed by atoms with Gasteiger partial charge in [0.05, 0.1) is 10.5 Å². The summed E-state index contributed by atoms with van der Waals surface area (Å²) in [5.41, 5.74) is 0. The molecule has 8 heteroatoms. The zero-order valence-electron chi connectivity index (χ0n) is 11.2. The highest BCUT2D eigenvalue weighted by atomic mass is 79.9. The number of amides is 2. The van der Waals surface area contributed by atoms with Crippen molar-refractivity contribution in [3.05, 3.63) is 35.0 Å². The van der Waals surface area contributed by atoms with E-state index in [1.165, 1.54) is 11.5 Å². The summed E-state index contributed by atoms with van der Waals surface area (Å²) < 4.78 is 4.82. The van der Waals surface area contributed by atoms with Crippen LogP contribution in [0.5, 0.6) is 0 Å². The standard InChI is InChI=1S/C13H14BrN5OS/c14-9-7-15-12(16-8-9)10-3-1-2-6-19(10)13(20)18-11-4-5-17-21-11/h4-5,7-8,10H,1-3,6H2,(H,18,20). The molecule has 1 N–H and O–H groups in total. The minimum atomic E-state index is -0.115. The Morgan fingerprint density at radius 3 is 2.90 bits per heavy atom. The van der Waals surface area contributed by atoms with Crippen LogP contribution >= 0.6 is 27.5 Å². The molecule has 6 nitrogen and oxygen atoms in total. The van der Waals surface area contributed by atoms with Gasteiger partial charge in [0.2, 0.25) is 0 Å². The van der Waals surface area contributed by atoms with Crippen LogP contribution < -0.4 is 5.32 Å². The fourth-order valence-electron chi connectivity index (χ4n) is 2.39. The van der Waals surface area contributed by atoms with Gasteiger partial charge in [0.15, 0.2) is 5.82 Å². The van der Waals surface area contributed by atoms with Crippen molar-refractivity contribution in [2.75, 3.05) is 11.9 Å². The van der Waals surface area contributed by atoms with Crippen LogP contribution in [0.15, 0.2) is 29.1 Å². The Morgan fingerprint density at radius 1 is 1.38 bits per heavy atom. The number of hydrogen-bond donors (Lipinski definition) is 1. The zero-order chi connectivity index (χ0) is 14.7. The van der Waals surface area contributed by atoms with Crippen molar-refractivity contribution in [1.29, 1.82) is 0 Å². The van der Waals surface area contributed by atoms with Crippen LogP contribution in [0.1, 0.15) is 31.1 Å². The zero-order valence-corrected chi connectivity index (χ0v) is 13.6. The number of likely N-dealkylation sites (tertiary alicyclic amines) is 1. The number of nitrogens with zero attached hydrogens (tertiary/aromatic N) is 4. The molecule has 1 saturated heterocycles. The van der Waals surface area contributed by atoms with Crippen molar-refractivity contribution in [3.8, 4) is 0 Å². The minimum Gasteiger partial charge on any atom is -0.314 e. The molecular formula is C13H14BrN5OS. The summed E-state index contributed by atoms with van der Waals surface area (Å²) in [6.45, 7) is 0.717. The van der Waals surface area contributed by atoms with E-state index in [4.69, 9.17) is 0 Å². The molecule has 2 aromatic rings. The number of hydrogen-bond acceptors (Lipinski definition) is 5. The second kappa shape index (κ2) is 6.48. The first-order chi connectivity index (χ1) is 10.2. The van der Waals surface area contributed by atoms with Crippen molar-refractivity contribution in [2.45, 2.75) is 25.3 Å². The van der Waals surface area contributed by atoms with Crippen molar-refractivity contribution in [3.63, 3.8) is 0 Å². The topological polar surface area (TPSA) is 71.0 Å². The van der Waals surface area contributed by atoms with E-state index in [1.54, 1.807) is 24.7 Å². The van der Waals surface area contributed by atoms with Crippen LogP contribution in [0, 0.1) is 0 Å². The molecule has 1 fully saturated rings. The van der Waals surface area contributed by atoms with Crippen molar-refractivity contribution in [2.24, 2.45) is 0 Å². The van der Waals surface area contributed by atoms with E-state index in [1.807, 2.05) is 4.90 Å². The maximum Gasteiger partial charge on any atom is 0.323 e. The Balaban J connectivity index is 1.77. The highest BCUT2D eigenvalue weighted by molar-refractivity contribution is 9.10. The van der Waals surface area contributed by atoms with Crippen LogP contribution in [-0.2, 0) is 0 Å². The predicted octanol–water partition coefficient (Wildman–Crippen LogP) is 3.45. The minimum absolute atomic E-state index is 0.0697. The number of urea groups is 1. The summed E-state index contributed by atoms with van der Waals surface area (Å²) in [5, 5.41) is 3.63. The lowest BCUT2D eigenvalue weighted by atomic mass is 10.0. The van der Waals surface area contributed by atoms with Crippen molar-refractivity contribution in [1.82, 2.24) is 19.2 Å². The van der Waals surface area contributed by atoms with Crippen molar-refractivity contribution < 1.29 is 4.79 Å². The molecule has 0 saturated carbocycles. The van der Waals surface area contributed by atoms with E-state index in [0.717, 1.165) is 28.7 Å². The Kier molecular flexibility index (Phi) is 4.45. The smallest absolute Gasteiger partial charge is 0.314 e. The first-order valence-electron chi connectivity index (χ1n) is 6.70. The van der Waals surface area contributed by atoms with Crippen LogP contribution in [0.3, 0.4) is 0 Å². The summed E-state index contributed by atoms with van der Waals surface area (Å²) >= 11 is 4.60. The lowest BCUT2D eigenvalue weighted by Gasteiger charge is -2.34. The number of rotatable bonds is 2. The fraction of sp³-hybridized carbons (Fsp3) is 0.385. The summed E-state index contributed by atoms with van der Waals surface area (Å²) in [6, 6.07) is 1.60. The first-order valence-corrected chi connectivity index (χ1v) is 8.26. The number of piperidine rings is 1. The van der Waals surface area contributed by atoms with E-state index < -0.39 is 0 Å². The van der Waals surface area contributed by atoms with Gasteiger partial charge in [0.1, 0.15) is 5.00 Å². The molecule has 21 heavy (non-hydrogen) atoms. The van der Waals surface area contributed by atoms with Crippen LogP contribution in [0.25, 0.3) is 0 Å². The van der Waals surface area contributed by atoms with E-state index in [0.29, 0.717) is 12.4 Å². The highest BCUT2D eigenvalue weighted by Crippen LogP contribution is 2.29. The third kappa shape index (κ3) is 3.38. The van der Waals surface area contributed by atoms with Gasteiger partial charge in [-0.05, 0) is 52.8 Å². The molecule has 1 atom stereocenters. The Morgan fingerprint density at radius 2 is 2.19 bits per heavy atom. The van der Waals surface area contributed by atoms with Crippen LogP contribution in [0.4, 0.5) is 9.80 Å². The van der Waals surface area contributed by atoms with Gasteiger partial charge in [-0.15, -0.1) is 0 Å². The summed E-state index contributed by atoms with van der Waals surface area (Å²) in [7, 11) is 0. The molecule has 3 rings (SSSR count). The van der Waals surface area contributed by atoms with Crippen LogP contribution in [-0.4, -0.2) is 31.8 Å². The second-order valence-electron chi connectivity index (χ2n) is 4.77. The molecule has 0 radical (unpaired) electrons. The molecule has 2 amide bonds. The van der Waals surface area contributed by atoms with E-state index in [-0.39, 0.29) is 12.1 Å². The predicted molar refractivity (Wildman–Crippen MR) is 84.2 cm³/mol. The third-order valence-corrected chi connectivity index (χ3v) is 4.44. The monoisotopic (exact) mass is 367 g/mol. The lowest BCUT2D eigenvalue weighted by Crippen LogP contribution is -2.41. The van der Waals surface area contributed by atoms with Gasteiger partial charge in [0.25, 0.3) is 0 Å². The Bertz CT molecular complexity index is 604. The number of anilines is 1. The van der Waals surface area contributed by atoms with Crippen LogP contribution in [0.2, 0.25) is 0 Å².